The zero-order valence-electron chi connectivity index (χ0n) is 15.7. The summed E-state index contributed by atoms with van der Waals surface area (Å²) in [5, 5.41) is 12.9. The Morgan fingerprint density at radius 2 is 1.86 bits per heavy atom. The highest BCUT2D eigenvalue weighted by molar-refractivity contribution is 5.95. The van der Waals surface area contributed by atoms with Gasteiger partial charge in [-0.3, -0.25) is 9.59 Å². The molecular weight excluding hydrogens is 372 g/mol. The Kier molecular flexibility index (Phi) is 6.09. The lowest BCUT2D eigenvalue weighted by Crippen LogP contribution is -2.41. The summed E-state index contributed by atoms with van der Waals surface area (Å²) in [6, 6.07) is 13.2. The number of rotatable bonds is 7. The van der Waals surface area contributed by atoms with Gasteiger partial charge in [0.2, 0.25) is 5.91 Å². The molecule has 0 spiro atoms. The molecular formula is C22H20N2O5. The molecule has 0 saturated heterocycles. The molecule has 3 N–H and O–H groups in total. The topological polar surface area (TPSA) is 108 Å². The van der Waals surface area contributed by atoms with Gasteiger partial charge in [0.15, 0.2) is 0 Å². The number of aliphatic carboxylic acids is 1. The van der Waals surface area contributed by atoms with Crippen LogP contribution in [0.5, 0.6) is 5.75 Å². The minimum Gasteiger partial charge on any atom is -0.480 e. The van der Waals surface area contributed by atoms with Crippen molar-refractivity contribution in [3.8, 4) is 5.75 Å². The van der Waals surface area contributed by atoms with Gasteiger partial charge in [-0.15, -0.1) is 0 Å². The van der Waals surface area contributed by atoms with Gasteiger partial charge in [0.25, 0.3) is 0 Å². The van der Waals surface area contributed by atoms with Crippen LogP contribution in [0.25, 0.3) is 17.0 Å². The van der Waals surface area contributed by atoms with Crippen LogP contribution in [0.4, 0.5) is 0 Å². The number of fused-ring (bicyclic) bond motifs is 1. The number of esters is 1. The first kappa shape index (κ1) is 19.9. The summed E-state index contributed by atoms with van der Waals surface area (Å²) in [5.41, 5.74) is 2.23. The highest BCUT2D eigenvalue weighted by Crippen LogP contribution is 2.20. The third-order valence-electron chi connectivity index (χ3n) is 4.30. The number of amides is 1. The number of H-pyrrole nitrogens is 1. The number of aromatic nitrogens is 1. The van der Waals surface area contributed by atoms with Crippen molar-refractivity contribution in [2.75, 3.05) is 0 Å². The third-order valence-corrected chi connectivity index (χ3v) is 4.30. The van der Waals surface area contributed by atoms with Gasteiger partial charge in [0.05, 0.1) is 0 Å². The van der Waals surface area contributed by atoms with Crippen molar-refractivity contribution in [3.63, 3.8) is 0 Å². The van der Waals surface area contributed by atoms with Crippen molar-refractivity contribution in [2.24, 2.45) is 0 Å². The van der Waals surface area contributed by atoms with E-state index in [1.54, 1.807) is 30.5 Å². The first-order valence-corrected chi connectivity index (χ1v) is 8.98. The van der Waals surface area contributed by atoms with Crippen LogP contribution in [-0.2, 0) is 20.8 Å². The Labute approximate surface area is 167 Å². The van der Waals surface area contributed by atoms with Crippen molar-refractivity contribution < 1.29 is 24.2 Å². The molecule has 0 aliphatic heterocycles. The Morgan fingerprint density at radius 1 is 1.14 bits per heavy atom. The average Bonchev–Trinajstić information content (AvgIpc) is 3.09. The van der Waals surface area contributed by atoms with Crippen molar-refractivity contribution in [2.45, 2.75) is 19.4 Å². The Morgan fingerprint density at radius 3 is 2.62 bits per heavy atom. The summed E-state index contributed by atoms with van der Waals surface area (Å²) in [7, 11) is 0. The van der Waals surface area contributed by atoms with E-state index < -0.39 is 23.9 Å². The van der Waals surface area contributed by atoms with Crippen molar-refractivity contribution in [1.29, 1.82) is 0 Å². The number of aromatic amines is 1. The van der Waals surface area contributed by atoms with E-state index in [1.165, 1.54) is 19.1 Å². The Hall–Kier alpha value is -3.87. The lowest BCUT2D eigenvalue weighted by Gasteiger charge is -2.13. The second-order valence-electron chi connectivity index (χ2n) is 6.43. The molecule has 1 heterocycles. The summed E-state index contributed by atoms with van der Waals surface area (Å²) in [6.45, 7) is 1.29. The average molecular weight is 392 g/mol. The third kappa shape index (κ3) is 5.10. The molecule has 3 aromatic rings. The second kappa shape index (κ2) is 8.88. The maximum Gasteiger partial charge on any atom is 0.326 e. The number of carboxylic acids is 1. The fourth-order valence-corrected chi connectivity index (χ4v) is 2.97. The molecule has 148 valence electrons. The quantitative estimate of drug-likeness (QED) is 0.325. The van der Waals surface area contributed by atoms with Crippen molar-refractivity contribution in [3.05, 3.63) is 71.9 Å². The SMILES string of the molecule is CC(=O)Oc1ccccc1C=CC(=O)N[C@@H](Cc1c[nH]c2ccccc12)C(=O)O. The van der Waals surface area contributed by atoms with E-state index in [1.807, 2.05) is 24.3 Å². The van der Waals surface area contributed by atoms with Crippen LogP contribution in [-0.4, -0.2) is 34.0 Å². The fraction of sp³-hybridized carbons (Fsp3) is 0.136. The van der Waals surface area contributed by atoms with Crippen LogP contribution < -0.4 is 10.1 Å². The molecule has 7 nitrogen and oxygen atoms in total. The number of ether oxygens (including phenoxy) is 1. The molecule has 0 fully saturated rings. The maximum atomic E-state index is 12.3. The highest BCUT2D eigenvalue weighted by Gasteiger charge is 2.21. The Bertz CT molecular complexity index is 1080. The van der Waals surface area contributed by atoms with Crippen LogP contribution in [0.3, 0.4) is 0 Å². The number of carbonyl (C=O) groups excluding carboxylic acids is 2. The van der Waals surface area contributed by atoms with Gasteiger partial charge in [-0.1, -0.05) is 36.4 Å². The molecule has 3 rings (SSSR count). The normalized spacial score (nSPS) is 12.0. The smallest absolute Gasteiger partial charge is 0.326 e. The van der Waals surface area contributed by atoms with Crippen LogP contribution in [0.2, 0.25) is 0 Å². The zero-order chi connectivity index (χ0) is 20.8. The van der Waals surface area contributed by atoms with Gasteiger partial charge in [-0.05, 0) is 23.8 Å². The summed E-state index contributed by atoms with van der Waals surface area (Å²) in [4.78, 5) is 38.2. The van der Waals surface area contributed by atoms with Crippen molar-refractivity contribution >= 4 is 34.8 Å². The van der Waals surface area contributed by atoms with Crippen LogP contribution in [0, 0.1) is 0 Å². The molecule has 0 unspecified atom stereocenters. The monoisotopic (exact) mass is 392 g/mol. The molecule has 2 aromatic carbocycles. The Balaban J connectivity index is 1.71. The molecule has 1 amide bonds. The molecule has 0 saturated carbocycles. The number of para-hydroxylation sites is 2. The maximum absolute atomic E-state index is 12.3. The van der Waals surface area contributed by atoms with Gasteiger partial charge in [-0.25, -0.2) is 4.79 Å². The highest BCUT2D eigenvalue weighted by atomic mass is 16.5. The summed E-state index contributed by atoms with van der Waals surface area (Å²) < 4.78 is 5.09. The van der Waals surface area contributed by atoms with Crippen LogP contribution in [0.15, 0.2) is 60.8 Å². The van der Waals surface area contributed by atoms with Crippen molar-refractivity contribution in [1.82, 2.24) is 10.3 Å². The minimum absolute atomic E-state index is 0.142. The zero-order valence-corrected chi connectivity index (χ0v) is 15.7. The van der Waals surface area contributed by atoms with E-state index in [2.05, 4.69) is 10.3 Å². The van der Waals surface area contributed by atoms with Gasteiger partial charge in [-0.2, -0.15) is 0 Å². The number of hydrogen-bond donors (Lipinski definition) is 3. The fourth-order valence-electron chi connectivity index (χ4n) is 2.97. The molecule has 0 aliphatic carbocycles. The largest absolute Gasteiger partial charge is 0.480 e. The van der Waals surface area contributed by atoms with Crippen LogP contribution >= 0.6 is 0 Å². The number of hydrogen-bond acceptors (Lipinski definition) is 4. The van der Waals surface area contributed by atoms with E-state index in [0.717, 1.165) is 16.5 Å². The predicted octanol–water partition coefficient (Wildman–Crippen LogP) is 2.92. The molecule has 0 radical (unpaired) electrons. The second-order valence-corrected chi connectivity index (χ2v) is 6.43. The molecule has 1 aromatic heterocycles. The number of benzene rings is 2. The van der Waals surface area contributed by atoms with E-state index in [4.69, 9.17) is 4.74 Å². The lowest BCUT2D eigenvalue weighted by molar-refractivity contribution is -0.141. The minimum atomic E-state index is -1.13. The summed E-state index contributed by atoms with van der Waals surface area (Å²) in [5.74, 6) is -1.84. The van der Waals surface area contributed by atoms with Gasteiger partial charge in [0, 0.05) is 42.1 Å². The first-order chi connectivity index (χ1) is 13.9. The first-order valence-electron chi connectivity index (χ1n) is 8.98. The van der Waals surface area contributed by atoms with Gasteiger partial charge in [0.1, 0.15) is 11.8 Å². The summed E-state index contributed by atoms with van der Waals surface area (Å²) in [6.07, 6.45) is 4.58. The number of carboxylic acid groups (broad SMARTS) is 1. The molecule has 1 atom stereocenters. The number of nitrogens with one attached hydrogen (secondary N) is 2. The lowest BCUT2D eigenvalue weighted by atomic mass is 10.0. The summed E-state index contributed by atoms with van der Waals surface area (Å²) >= 11 is 0. The molecule has 0 bridgehead atoms. The number of carbonyl (C=O) groups is 3. The van der Waals surface area contributed by atoms with Gasteiger partial charge >= 0.3 is 11.9 Å². The standard InChI is InChI=1S/C22H20N2O5/c1-14(25)29-20-9-5-2-6-15(20)10-11-21(26)24-19(22(27)28)12-16-13-23-18-8-4-3-7-17(16)18/h2-11,13,19,23H,12H2,1H3,(H,24,26)(H,27,28)/t19-/m0/s1. The van der Waals surface area contributed by atoms with Gasteiger partial charge < -0.3 is 20.1 Å². The molecule has 0 aliphatic rings. The molecule has 7 heteroatoms. The van der Waals surface area contributed by atoms with E-state index >= 15 is 0 Å². The van der Waals surface area contributed by atoms with E-state index in [9.17, 15) is 19.5 Å². The van der Waals surface area contributed by atoms with Crippen LogP contribution in [0.1, 0.15) is 18.1 Å². The van der Waals surface area contributed by atoms with E-state index in [0.29, 0.717) is 11.3 Å². The predicted molar refractivity (Wildman–Crippen MR) is 108 cm³/mol. The molecule has 29 heavy (non-hydrogen) atoms. The van der Waals surface area contributed by atoms with E-state index in [-0.39, 0.29) is 6.42 Å².